The third-order valence-corrected chi connectivity index (χ3v) is 3.27. The van der Waals surface area contributed by atoms with E-state index in [0.717, 1.165) is 12.8 Å². The summed E-state index contributed by atoms with van der Waals surface area (Å²) in [4.78, 5) is 13.2. The monoisotopic (exact) mass is 259 g/mol. The molecule has 0 atom stereocenters. The van der Waals surface area contributed by atoms with Gasteiger partial charge in [0, 0.05) is 25.9 Å². The molecule has 1 aliphatic rings. The van der Waals surface area contributed by atoms with Crippen LogP contribution in [-0.2, 0) is 4.79 Å². The Balaban J connectivity index is 1.93. The van der Waals surface area contributed by atoms with Gasteiger partial charge in [-0.25, -0.2) is 0 Å². The van der Waals surface area contributed by atoms with Crippen molar-refractivity contribution in [2.24, 2.45) is 5.73 Å². The van der Waals surface area contributed by atoms with Crippen LogP contribution in [0, 0.1) is 11.3 Å². The van der Waals surface area contributed by atoms with E-state index in [1.54, 1.807) is 17.0 Å². The largest absolute Gasteiger partial charge is 0.489 e. The molecule has 19 heavy (non-hydrogen) atoms. The predicted octanol–water partition coefficient (Wildman–Crippen LogP) is 0.887. The number of carbonyl (C=O) groups is 1. The van der Waals surface area contributed by atoms with Crippen molar-refractivity contribution in [3.05, 3.63) is 29.8 Å². The van der Waals surface area contributed by atoms with Crippen LogP contribution in [0.4, 0.5) is 0 Å². The zero-order chi connectivity index (χ0) is 13.7. The third-order valence-electron chi connectivity index (χ3n) is 3.27. The molecule has 1 heterocycles. The fourth-order valence-corrected chi connectivity index (χ4v) is 2.19. The summed E-state index contributed by atoms with van der Waals surface area (Å²) in [5, 5.41) is 9.00. The minimum absolute atomic E-state index is 0.0177. The van der Waals surface area contributed by atoms with Crippen LogP contribution in [-0.4, -0.2) is 36.5 Å². The standard InChI is InChI=1S/C14H17N3O2/c15-9-11-3-1-2-4-13(11)19-12-5-7-17(8-6-12)14(18)10-16/h1-4,12H,5-8,10,16H2. The Bertz CT molecular complexity index is 488. The lowest BCUT2D eigenvalue weighted by Gasteiger charge is -2.32. The number of nitrogens with zero attached hydrogens (tertiary/aromatic N) is 2. The number of ether oxygens (including phenoxy) is 1. The van der Waals surface area contributed by atoms with E-state index in [1.165, 1.54) is 0 Å². The van der Waals surface area contributed by atoms with Gasteiger partial charge in [0.15, 0.2) is 0 Å². The highest BCUT2D eigenvalue weighted by molar-refractivity contribution is 5.78. The molecule has 0 saturated carbocycles. The van der Waals surface area contributed by atoms with E-state index < -0.39 is 0 Å². The summed E-state index contributed by atoms with van der Waals surface area (Å²) >= 11 is 0. The smallest absolute Gasteiger partial charge is 0.236 e. The zero-order valence-corrected chi connectivity index (χ0v) is 10.7. The van der Waals surface area contributed by atoms with Gasteiger partial charge in [-0.15, -0.1) is 0 Å². The quantitative estimate of drug-likeness (QED) is 0.874. The summed E-state index contributed by atoms with van der Waals surface area (Å²) in [5.41, 5.74) is 5.88. The fraction of sp³-hybridized carbons (Fsp3) is 0.429. The SMILES string of the molecule is N#Cc1ccccc1OC1CCN(C(=O)CN)CC1. The number of benzene rings is 1. The van der Waals surface area contributed by atoms with E-state index >= 15 is 0 Å². The Hall–Kier alpha value is -2.06. The van der Waals surface area contributed by atoms with Crippen molar-refractivity contribution in [2.45, 2.75) is 18.9 Å². The summed E-state index contributed by atoms with van der Waals surface area (Å²) in [7, 11) is 0. The third kappa shape index (κ3) is 3.24. The van der Waals surface area contributed by atoms with Gasteiger partial charge in [-0.3, -0.25) is 4.79 Å². The van der Waals surface area contributed by atoms with Crippen molar-refractivity contribution in [3.8, 4) is 11.8 Å². The van der Waals surface area contributed by atoms with Crippen molar-refractivity contribution >= 4 is 5.91 Å². The maximum absolute atomic E-state index is 11.4. The Morgan fingerprint density at radius 2 is 2.11 bits per heavy atom. The highest BCUT2D eigenvalue weighted by atomic mass is 16.5. The Labute approximate surface area is 112 Å². The number of carbonyl (C=O) groups excluding carboxylic acids is 1. The number of nitrogens with two attached hydrogens (primary N) is 1. The number of likely N-dealkylation sites (tertiary alicyclic amines) is 1. The number of para-hydroxylation sites is 1. The van der Waals surface area contributed by atoms with E-state index in [9.17, 15) is 4.79 Å². The van der Waals surface area contributed by atoms with Crippen molar-refractivity contribution in [1.29, 1.82) is 5.26 Å². The highest BCUT2D eigenvalue weighted by Crippen LogP contribution is 2.22. The Morgan fingerprint density at radius 3 is 2.74 bits per heavy atom. The van der Waals surface area contributed by atoms with Gasteiger partial charge in [0.05, 0.1) is 12.1 Å². The van der Waals surface area contributed by atoms with Gasteiger partial charge < -0.3 is 15.4 Å². The maximum Gasteiger partial charge on any atom is 0.236 e. The average molecular weight is 259 g/mol. The number of nitriles is 1. The second kappa shape index (κ2) is 6.21. The van der Waals surface area contributed by atoms with Crippen LogP contribution in [0.5, 0.6) is 5.75 Å². The Morgan fingerprint density at radius 1 is 1.42 bits per heavy atom. The number of hydrogen-bond acceptors (Lipinski definition) is 4. The molecule has 0 spiro atoms. The van der Waals surface area contributed by atoms with Gasteiger partial charge in [0.25, 0.3) is 0 Å². The summed E-state index contributed by atoms with van der Waals surface area (Å²) in [6.07, 6.45) is 1.59. The molecular formula is C14H17N3O2. The number of rotatable bonds is 3. The predicted molar refractivity (Wildman–Crippen MR) is 70.4 cm³/mol. The molecule has 2 N–H and O–H groups in total. The van der Waals surface area contributed by atoms with Crippen LogP contribution in [0.1, 0.15) is 18.4 Å². The molecule has 5 heteroatoms. The maximum atomic E-state index is 11.4. The van der Waals surface area contributed by atoms with Gasteiger partial charge in [-0.2, -0.15) is 5.26 Å². The van der Waals surface area contributed by atoms with E-state index in [-0.39, 0.29) is 18.6 Å². The minimum atomic E-state index is -0.0177. The molecule has 1 aliphatic heterocycles. The first-order chi connectivity index (χ1) is 9.24. The molecule has 0 unspecified atom stereocenters. The molecule has 1 fully saturated rings. The zero-order valence-electron chi connectivity index (χ0n) is 10.7. The van der Waals surface area contributed by atoms with Gasteiger partial charge in [-0.1, -0.05) is 12.1 Å². The Kier molecular flexibility index (Phi) is 4.37. The second-order valence-corrected chi connectivity index (χ2v) is 4.51. The van der Waals surface area contributed by atoms with Gasteiger partial charge >= 0.3 is 0 Å². The normalized spacial score (nSPS) is 15.9. The molecule has 5 nitrogen and oxygen atoms in total. The van der Waals surface area contributed by atoms with Gasteiger partial charge in [-0.05, 0) is 12.1 Å². The van der Waals surface area contributed by atoms with Crippen molar-refractivity contribution in [1.82, 2.24) is 4.90 Å². The molecule has 1 amide bonds. The van der Waals surface area contributed by atoms with Gasteiger partial charge in [0.1, 0.15) is 17.9 Å². The fourth-order valence-electron chi connectivity index (χ4n) is 2.19. The van der Waals surface area contributed by atoms with Crippen molar-refractivity contribution < 1.29 is 9.53 Å². The second-order valence-electron chi connectivity index (χ2n) is 4.51. The molecule has 100 valence electrons. The van der Waals surface area contributed by atoms with Crippen LogP contribution in [0.25, 0.3) is 0 Å². The molecule has 2 rings (SSSR count). The lowest BCUT2D eigenvalue weighted by Crippen LogP contribution is -2.44. The van der Waals surface area contributed by atoms with Crippen LogP contribution >= 0.6 is 0 Å². The van der Waals surface area contributed by atoms with Crippen LogP contribution < -0.4 is 10.5 Å². The van der Waals surface area contributed by atoms with Crippen LogP contribution in [0.15, 0.2) is 24.3 Å². The molecule has 0 aromatic heterocycles. The molecule has 0 radical (unpaired) electrons. The van der Waals surface area contributed by atoms with E-state index in [4.69, 9.17) is 15.7 Å². The number of hydrogen-bond donors (Lipinski definition) is 1. The van der Waals surface area contributed by atoms with E-state index in [1.807, 2.05) is 12.1 Å². The minimum Gasteiger partial charge on any atom is -0.489 e. The summed E-state index contributed by atoms with van der Waals surface area (Å²) in [6, 6.07) is 9.32. The molecule has 0 bridgehead atoms. The number of piperidine rings is 1. The van der Waals surface area contributed by atoms with Crippen molar-refractivity contribution in [3.63, 3.8) is 0 Å². The van der Waals surface area contributed by atoms with E-state index in [0.29, 0.717) is 24.4 Å². The highest BCUT2D eigenvalue weighted by Gasteiger charge is 2.23. The van der Waals surface area contributed by atoms with Crippen molar-refractivity contribution in [2.75, 3.05) is 19.6 Å². The van der Waals surface area contributed by atoms with Crippen LogP contribution in [0.3, 0.4) is 0 Å². The lowest BCUT2D eigenvalue weighted by molar-refractivity contribution is -0.131. The topological polar surface area (TPSA) is 79.3 Å². The summed E-state index contributed by atoms with van der Waals surface area (Å²) in [5.74, 6) is 0.601. The van der Waals surface area contributed by atoms with Gasteiger partial charge in [0.2, 0.25) is 5.91 Å². The summed E-state index contributed by atoms with van der Waals surface area (Å²) < 4.78 is 5.85. The number of amides is 1. The first kappa shape index (κ1) is 13.4. The van der Waals surface area contributed by atoms with Crippen LogP contribution in [0.2, 0.25) is 0 Å². The molecule has 1 aromatic rings. The summed E-state index contributed by atoms with van der Waals surface area (Å²) in [6.45, 7) is 1.38. The lowest BCUT2D eigenvalue weighted by atomic mass is 10.1. The molecule has 1 saturated heterocycles. The molecule has 1 aromatic carbocycles. The first-order valence-electron chi connectivity index (χ1n) is 6.38. The first-order valence-corrected chi connectivity index (χ1v) is 6.38. The van der Waals surface area contributed by atoms with E-state index in [2.05, 4.69) is 6.07 Å². The molecular weight excluding hydrogens is 242 g/mol. The molecule has 0 aliphatic carbocycles. The average Bonchev–Trinajstić information content (AvgIpc) is 2.48.